The molecule has 3 heteroatoms. The Morgan fingerprint density at radius 1 is 1.17 bits per heavy atom. The molecule has 0 bridgehead atoms. The molecule has 1 saturated carbocycles. The zero-order valence-electron chi connectivity index (χ0n) is 10.3. The van der Waals surface area contributed by atoms with Crippen LogP contribution in [0.25, 0.3) is 0 Å². The Morgan fingerprint density at radius 2 is 1.83 bits per heavy atom. The molecular weight excluding hydrogens is 242 g/mol. The largest absolute Gasteiger partial charge is 0.399 e. The number of thiophene rings is 1. The maximum absolute atomic E-state index is 12.6. The molecule has 2 N–H and O–H groups in total. The van der Waals surface area contributed by atoms with Gasteiger partial charge in [0, 0.05) is 10.6 Å². The number of aryl methyl sites for hydroxylation is 1. The summed E-state index contributed by atoms with van der Waals surface area (Å²) in [6.07, 6.45) is 1.90. The van der Waals surface area contributed by atoms with Gasteiger partial charge in [0.2, 0.25) is 0 Å². The average Bonchev–Trinajstić information content (AvgIpc) is 3.06. The van der Waals surface area contributed by atoms with Crippen molar-refractivity contribution >= 4 is 22.8 Å². The number of rotatable bonds is 3. The molecule has 1 fully saturated rings. The van der Waals surface area contributed by atoms with E-state index >= 15 is 0 Å². The van der Waals surface area contributed by atoms with Gasteiger partial charge < -0.3 is 5.73 Å². The number of Topliss-reactive ketones (excluding diaryl/α,β-unsaturated/α-hetero) is 1. The molecule has 0 amide bonds. The van der Waals surface area contributed by atoms with Crippen LogP contribution in [-0.2, 0) is 5.41 Å². The number of carbonyl (C=O) groups is 1. The van der Waals surface area contributed by atoms with Crippen molar-refractivity contribution in [1.82, 2.24) is 0 Å². The molecule has 0 saturated heterocycles. The van der Waals surface area contributed by atoms with Crippen molar-refractivity contribution in [3.05, 3.63) is 51.7 Å². The summed E-state index contributed by atoms with van der Waals surface area (Å²) in [5.41, 5.74) is 7.27. The van der Waals surface area contributed by atoms with Crippen LogP contribution in [0.1, 0.15) is 33.0 Å². The zero-order valence-corrected chi connectivity index (χ0v) is 11.1. The molecule has 0 spiro atoms. The minimum absolute atomic E-state index is 0.269. The van der Waals surface area contributed by atoms with E-state index in [9.17, 15) is 4.79 Å². The molecule has 0 atom stereocenters. The SMILES string of the molecule is Cc1ccc(C(=O)C2(c3ccc(N)cc3)CC2)s1. The van der Waals surface area contributed by atoms with E-state index in [-0.39, 0.29) is 11.2 Å². The third-order valence-electron chi connectivity index (χ3n) is 3.61. The number of hydrogen-bond acceptors (Lipinski definition) is 3. The fourth-order valence-electron chi connectivity index (χ4n) is 2.37. The van der Waals surface area contributed by atoms with Crippen molar-refractivity contribution in [2.24, 2.45) is 0 Å². The highest BCUT2D eigenvalue weighted by Crippen LogP contribution is 2.51. The highest BCUT2D eigenvalue weighted by molar-refractivity contribution is 7.14. The normalized spacial score (nSPS) is 16.5. The van der Waals surface area contributed by atoms with Crippen molar-refractivity contribution in [2.45, 2.75) is 25.2 Å². The van der Waals surface area contributed by atoms with E-state index < -0.39 is 0 Å². The van der Waals surface area contributed by atoms with Gasteiger partial charge in [-0.05, 0) is 49.6 Å². The second kappa shape index (κ2) is 3.95. The Morgan fingerprint density at radius 3 is 2.33 bits per heavy atom. The molecule has 18 heavy (non-hydrogen) atoms. The maximum Gasteiger partial charge on any atom is 0.183 e. The smallest absolute Gasteiger partial charge is 0.183 e. The number of hydrogen-bond donors (Lipinski definition) is 1. The van der Waals surface area contributed by atoms with E-state index in [0.717, 1.165) is 29.0 Å². The predicted octanol–water partition coefficient (Wildman–Crippen LogP) is 3.55. The molecular formula is C15H15NOS. The van der Waals surface area contributed by atoms with Crippen molar-refractivity contribution in [2.75, 3.05) is 5.73 Å². The van der Waals surface area contributed by atoms with Crippen LogP contribution < -0.4 is 5.73 Å². The molecule has 0 aliphatic heterocycles. The van der Waals surface area contributed by atoms with Crippen LogP contribution in [0.4, 0.5) is 5.69 Å². The van der Waals surface area contributed by atoms with Crippen molar-refractivity contribution in [3.63, 3.8) is 0 Å². The molecule has 2 aromatic rings. The summed E-state index contributed by atoms with van der Waals surface area (Å²) in [6, 6.07) is 11.7. The molecule has 0 unspecified atom stereocenters. The Bertz CT molecular complexity index is 593. The van der Waals surface area contributed by atoms with E-state index in [1.165, 1.54) is 4.88 Å². The molecule has 1 aliphatic carbocycles. The molecule has 2 nitrogen and oxygen atoms in total. The minimum Gasteiger partial charge on any atom is -0.399 e. The maximum atomic E-state index is 12.6. The summed E-state index contributed by atoms with van der Waals surface area (Å²) in [6.45, 7) is 2.03. The first-order valence-corrected chi connectivity index (χ1v) is 6.91. The Kier molecular flexibility index (Phi) is 2.52. The standard InChI is InChI=1S/C15H15NOS/c1-10-2-7-13(18-10)14(17)15(8-9-15)11-3-5-12(16)6-4-11/h2-7H,8-9,16H2,1H3. The van der Waals surface area contributed by atoms with Crippen LogP contribution in [0.3, 0.4) is 0 Å². The molecule has 1 aromatic carbocycles. The second-order valence-electron chi connectivity index (χ2n) is 4.94. The van der Waals surface area contributed by atoms with Crippen LogP contribution in [-0.4, -0.2) is 5.78 Å². The van der Waals surface area contributed by atoms with E-state index in [2.05, 4.69) is 0 Å². The van der Waals surface area contributed by atoms with Crippen LogP contribution in [0, 0.1) is 6.92 Å². The van der Waals surface area contributed by atoms with E-state index in [1.807, 2.05) is 43.3 Å². The lowest BCUT2D eigenvalue weighted by molar-refractivity contribution is 0.0950. The van der Waals surface area contributed by atoms with Gasteiger partial charge >= 0.3 is 0 Å². The van der Waals surface area contributed by atoms with Gasteiger partial charge in [0.05, 0.1) is 10.3 Å². The van der Waals surface area contributed by atoms with Gasteiger partial charge in [0.15, 0.2) is 5.78 Å². The Balaban J connectivity index is 1.96. The first-order chi connectivity index (χ1) is 8.62. The summed E-state index contributed by atoms with van der Waals surface area (Å²) in [4.78, 5) is 14.7. The molecule has 1 aliphatic rings. The van der Waals surface area contributed by atoms with Crippen LogP contribution in [0.2, 0.25) is 0 Å². The van der Waals surface area contributed by atoms with Gasteiger partial charge in [-0.2, -0.15) is 0 Å². The van der Waals surface area contributed by atoms with Gasteiger partial charge in [-0.3, -0.25) is 4.79 Å². The number of ketones is 1. The van der Waals surface area contributed by atoms with Gasteiger partial charge in [-0.15, -0.1) is 11.3 Å². The topological polar surface area (TPSA) is 43.1 Å². The third-order valence-corrected chi connectivity index (χ3v) is 4.61. The molecule has 0 radical (unpaired) electrons. The van der Waals surface area contributed by atoms with Gasteiger partial charge in [-0.1, -0.05) is 12.1 Å². The van der Waals surface area contributed by atoms with Crippen LogP contribution >= 0.6 is 11.3 Å². The first-order valence-electron chi connectivity index (χ1n) is 6.09. The molecule has 3 rings (SSSR count). The molecule has 1 heterocycles. The molecule has 1 aromatic heterocycles. The summed E-state index contributed by atoms with van der Waals surface area (Å²) < 4.78 is 0. The summed E-state index contributed by atoms with van der Waals surface area (Å²) in [7, 11) is 0. The van der Waals surface area contributed by atoms with E-state index in [0.29, 0.717) is 0 Å². The highest BCUT2D eigenvalue weighted by atomic mass is 32.1. The fraction of sp³-hybridized carbons (Fsp3) is 0.267. The Labute approximate surface area is 110 Å². The second-order valence-corrected chi connectivity index (χ2v) is 6.23. The minimum atomic E-state index is -0.273. The molecule has 92 valence electrons. The van der Waals surface area contributed by atoms with Crippen molar-refractivity contribution < 1.29 is 4.79 Å². The van der Waals surface area contributed by atoms with E-state index in [4.69, 9.17) is 5.73 Å². The lowest BCUT2D eigenvalue weighted by Gasteiger charge is -2.13. The number of nitrogen functional groups attached to an aromatic ring is 1. The van der Waals surface area contributed by atoms with E-state index in [1.54, 1.807) is 11.3 Å². The fourth-order valence-corrected chi connectivity index (χ4v) is 3.27. The lowest BCUT2D eigenvalue weighted by atomic mass is 9.90. The number of benzene rings is 1. The Hall–Kier alpha value is -1.61. The monoisotopic (exact) mass is 257 g/mol. The zero-order chi connectivity index (χ0) is 12.8. The van der Waals surface area contributed by atoms with Gasteiger partial charge in [-0.25, -0.2) is 0 Å². The lowest BCUT2D eigenvalue weighted by Crippen LogP contribution is -2.19. The van der Waals surface area contributed by atoms with Crippen LogP contribution in [0.5, 0.6) is 0 Å². The van der Waals surface area contributed by atoms with Gasteiger partial charge in [0.1, 0.15) is 0 Å². The third kappa shape index (κ3) is 1.75. The predicted molar refractivity (Wildman–Crippen MR) is 75.2 cm³/mol. The van der Waals surface area contributed by atoms with Crippen LogP contribution in [0.15, 0.2) is 36.4 Å². The number of nitrogens with two attached hydrogens (primary N) is 1. The van der Waals surface area contributed by atoms with Crippen molar-refractivity contribution in [1.29, 1.82) is 0 Å². The average molecular weight is 257 g/mol. The quantitative estimate of drug-likeness (QED) is 0.675. The number of anilines is 1. The van der Waals surface area contributed by atoms with Gasteiger partial charge in [0.25, 0.3) is 0 Å². The number of carbonyl (C=O) groups excluding carboxylic acids is 1. The highest BCUT2D eigenvalue weighted by Gasteiger charge is 2.51. The summed E-state index contributed by atoms with van der Waals surface area (Å²) in [5.74, 6) is 0.269. The van der Waals surface area contributed by atoms with Crippen molar-refractivity contribution in [3.8, 4) is 0 Å². The first kappa shape index (κ1) is 11.5. The summed E-state index contributed by atoms with van der Waals surface area (Å²) >= 11 is 1.59. The summed E-state index contributed by atoms with van der Waals surface area (Å²) in [5, 5.41) is 0.